The quantitative estimate of drug-likeness (QED) is 0.395. The summed E-state index contributed by atoms with van der Waals surface area (Å²) in [6.45, 7) is 3.94. The van der Waals surface area contributed by atoms with Crippen LogP contribution in [-0.2, 0) is 6.42 Å². The second kappa shape index (κ2) is 11.4. The van der Waals surface area contributed by atoms with Gasteiger partial charge >= 0.3 is 0 Å². The fourth-order valence-electron chi connectivity index (χ4n) is 4.68. The van der Waals surface area contributed by atoms with E-state index in [1.54, 1.807) is 19.3 Å². The van der Waals surface area contributed by atoms with Crippen LogP contribution in [0.5, 0.6) is 0 Å². The number of anilines is 1. The van der Waals surface area contributed by atoms with E-state index in [0.29, 0.717) is 29.9 Å². The second-order valence-corrected chi connectivity index (χ2v) is 9.39. The zero-order chi connectivity index (χ0) is 26.5. The van der Waals surface area contributed by atoms with Crippen molar-refractivity contribution in [3.63, 3.8) is 0 Å². The number of aromatic nitrogens is 3. The zero-order valence-corrected chi connectivity index (χ0v) is 21.6. The van der Waals surface area contributed by atoms with Crippen molar-refractivity contribution in [1.29, 1.82) is 0 Å². The summed E-state index contributed by atoms with van der Waals surface area (Å²) in [6, 6.07) is 17.1. The predicted molar refractivity (Wildman–Crippen MR) is 148 cm³/mol. The molecule has 0 atom stereocenters. The molecule has 9 heteroatoms. The van der Waals surface area contributed by atoms with Crippen molar-refractivity contribution < 1.29 is 9.59 Å². The summed E-state index contributed by atoms with van der Waals surface area (Å²) in [4.78, 5) is 42.5. The predicted octanol–water partition coefficient (Wildman–Crippen LogP) is 3.09. The third-order valence-electron chi connectivity index (χ3n) is 6.91. The fourth-order valence-corrected chi connectivity index (χ4v) is 4.68. The molecule has 0 aliphatic carbocycles. The molecule has 1 aliphatic rings. The van der Waals surface area contributed by atoms with Crippen LogP contribution in [0.4, 0.5) is 5.82 Å². The summed E-state index contributed by atoms with van der Waals surface area (Å²) < 4.78 is 0. The Bertz CT molecular complexity index is 1450. The molecular weight excluding hydrogens is 478 g/mol. The SMILES string of the molecule is CNC(=O)c1ccnc2c(CCNc3cc(-c4ccc(C(=O)N5CCN(C)CC5)cc4)ncn3)cccc12. The maximum Gasteiger partial charge on any atom is 0.253 e. The summed E-state index contributed by atoms with van der Waals surface area (Å²) in [5.41, 5.74) is 4.88. The van der Waals surface area contributed by atoms with Crippen molar-refractivity contribution in [2.75, 3.05) is 52.1 Å². The maximum absolute atomic E-state index is 12.8. The smallest absolute Gasteiger partial charge is 0.253 e. The number of fused-ring (bicyclic) bond motifs is 1. The number of pyridine rings is 1. The van der Waals surface area contributed by atoms with Gasteiger partial charge in [-0.25, -0.2) is 9.97 Å². The second-order valence-electron chi connectivity index (χ2n) is 9.39. The highest BCUT2D eigenvalue weighted by atomic mass is 16.2. The average Bonchev–Trinajstić information content (AvgIpc) is 2.97. The van der Waals surface area contributed by atoms with E-state index >= 15 is 0 Å². The molecule has 5 rings (SSSR count). The van der Waals surface area contributed by atoms with Gasteiger partial charge in [0.2, 0.25) is 0 Å². The number of carbonyl (C=O) groups excluding carboxylic acids is 2. The standard InChI is InChI=1S/C29H31N7O2/c1-30-28(37)24-11-13-32-27-21(4-3-5-23(24)27)10-12-31-26-18-25(33-19-34-26)20-6-8-22(9-7-20)29(38)36-16-14-35(2)15-17-36/h3-9,11,13,18-19H,10,12,14-17H2,1-2H3,(H,30,37)(H,31,33,34). The van der Waals surface area contributed by atoms with Crippen LogP contribution in [0, 0.1) is 0 Å². The molecule has 3 heterocycles. The number of rotatable bonds is 7. The number of nitrogens with one attached hydrogen (secondary N) is 2. The van der Waals surface area contributed by atoms with Crippen molar-refractivity contribution in [3.8, 4) is 11.3 Å². The molecule has 0 radical (unpaired) electrons. The van der Waals surface area contributed by atoms with Crippen LogP contribution in [0.15, 0.2) is 67.1 Å². The van der Waals surface area contributed by atoms with Gasteiger partial charge in [-0.3, -0.25) is 14.6 Å². The molecule has 2 aromatic carbocycles. The number of amides is 2. The zero-order valence-electron chi connectivity index (χ0n) is 21.6. The first kappa shape index (κ1) is 25.3. The van der Waals surface area contributed by atoms with Crippen LogP contribution >= 0.6 is 0 Å². The van der Waals surface area contributed by atoms with Gasteiger partial charge in [-0.1, -0.05) is 30.3 Å². The number of hydrogen-bond acceptors (Lipinski definition) is 7. The summed E-state index contributed by atoms with van der Waals surface area (Å²) in [5.74, 6) is 0.657. The third-order valence-corrected chi connectivity index (χ3v) is 6.91. The van der Waals surface area contributed by atoms with Crippen molar-refractivity contribution in [1.82, 2.24) is 30.1 Å². The Morgan fingerprint density at radius 3 is 2.50 bits per heavy atom. The summed E-state index contributed by atoms with van der Waals surface area (Å²) in [7, 11) is 3.70. The molecule has 1 aliphatic heterocycles. The van der Waals surface area contributed by atoms with E-state index in [1.807, 2.05) is 53.4 Å². The lowest BCUT2D eigenvalue weighted by Crippen LogP contribution is -2.47. The van der Waals surface area contributed by atoms with Crippen molar-refractivity contribution in [2.45, 2.75) is 6.42 Å². The van der Waals surface area contributed by atoms with Gasteiger partial charge in [0.1, 0.15) is 12.1 Å². The van der Waals surface area contributed by atoms with Gasteiger partial charge in [0.25, 0.3) is 11.8 Å². The molecule has 2 aromatic heterocycles. The Kier molecular flexibility index (Phi) is 7.55. The molecule has 0 spiro atoms. The van der Waals surface area contributed by atoms with E-state index in [-0.39, 0.29) is 11.8 Å². The van der Waals surface area contributed by atoms with E-state index in [1.165, 1.54) is 6.33 Å². The van der Waals surface area contributed by atoms with Crippen molar-refractivity contribution in [3.05, 3.63) is 83.8 Å². The minimum absolute atomic E-state index is 0.0695. The Hall–Kier alpha value is -4.37. The van der Waals surface area contributed by atoms with Crippen molar-refractivity contribution in [2.24, 2.45) is 0 Å². The first-order valence-electron chi connectivity index (χ1n) is 12.8. The van der Waals surface area contributed by atoms with E-state index in [0.717, 1.165) is 53.9 Å². The average molecular weight is 510 g/mol. The van der Waals surface area contributed by atoms with E-state index in [4.69, 9.17) is 0 Å². The monoisotopic (exact) mass is 509 g/mol. The molecule has 38 heavy (non-hydrogen) atoms. The number of carbonyl (C=O) groups is 2. The topological polar surface area (TPSA) is 103 Å². The Labute approximate surface area is 221 Å². The Balaban J connectivity index is 1.24. The van der Waals surface area contributed by atoms with Gasteiger partial charge in [-0.05, 0) is 37.2 Å². The highest BCUT2D eigenvalue weighted by molar-refractivity contribution is 6.06. The summed E-state index contributed by atoms with van der Waals surface area (Å²) in [6.07, 6.45) is 3.92. The minimum Gasteiger partial charge on any atom is -0.370 e. The van der Waals surface area contributed by atoms with Gasteiger partial charge in [-0.15, -0.1) is 0 Å². The number of likely N-dealkylation sites (N-methyl/N-ethyl adjacent to an activating group) is 1. The van der Waals surface area contributed by atoms with Gasteiger partial charge in [-0.2, -0.15) is 0 Å². The molecule has 2 N–H and O–H groups in total. The van der Waals surface area contributed by atoms with Crippen LogP contribution in [0.3, 0.4) is 0 Å². The Morgan fingerprint density at radius 2 is 1.74 bits per heavy atom. The lowest BCUT2D eigenvalue weighted by Gasteiger charge is -2.32. The summed E-state index contributed by atoms with van der Waals surface area (Å²) >= 11 is 0. The molecule has 0 saturated carbocycles. The maximum atomic E-state index is 12.8. The molecule has 2 amide bonds. The third kappa shape index (κ3) is 5.47. The number of hydrogen-bond donors (Lipinski definition) is 2. The highest BCUT2D eigenvalue weighted by Crippen LogP contribution is 2.22. The van der Waals surface area contributed by atoms with Crippen molar-refractivity contribution >= 4 is 28.5 Å². The normalized spacial score (nSPS) is 13.9. The van der Waals surface area contributed by atoms with Gasteiger partial charge in [0, 0.05) is 68.5 Å². The molecule has 0 bridgehead atoms. The van der Waals surface area contributed by atoms with Crippen LogP contribution in [-0.4, -0.2) is 83.4 Å². The molecule has 0 unspecified atom stereocenters. The summed E-state index contributed by atoms with van der Waals surface area (Å²) in [5, 5.41) is 6.89. The van der Waals surface area contributed by atoms with E-state index in [9.17, 15) is 9.59 Å². The van der Waals surface area contributed by atoms with Gasteiger partial charge in [0.15, 0.2) is 0 Å². The molecular formula is C29H31N7O2. The number of benzene rings is 2. The van der Waals surface area contributed by atoms with E-state index < -0.39 is 0 Å². The van der Waals surface area contributed by atoms with Crippen LogP contribution in [0.1, 0.15) is 26.3 Å². The Morgan fingerprint density at radius 1 is 0.947 bits per heavy atom. The van der Waals surface area contributed by atoms with Crippen LogP contribution in [0.2, 0.25) is 0 Å². The number of para-hydroxylation sites is 1. The largest absolute Gasteiger partial charge is 0.370 e. The molecule has 1 saturated heterocycles. The minimum atomic E-state index is -0.127. The first-order valence-corrected chi connectivity index (χ1v) is 12.8. The van der Waals surface area contributed by atoms with Crippen LogP contribution < -0.4 is 10.6 Å². The number of piperazine rings is 1. The van der Waals surface area contributed by atoms with Crippen LogP contribution in [0.25, 0.3) is 22.2 Å². The molecule has 9 nitrogen and oxygen atoms in total. The lowest BCUT2D eigenvalue weighted by atomic mass is 10.0. The lowest BCUT2D eigenvalue weighted by molar-refractivity contribution is 0.0664. The van der Waals surface area contributed by atoms with Gasteiger partial charge in [0.05, 0.1) is 16.8 Å². The molecule has 1 fully saturated rings. The van der Waals surface area contributed by atoms with Gasteiger partial charge < -0.3 is 20.4 Å². The number of nitrogens with zero attached hydrogens (tertiary/aromatic N) is 5. The fraction of sp³-hybridized carbons (Fsp3) is 0.276. The van der Waals surface area contributed by atoms with E-state index in [2.05, 4.69) is 37.5 Å². The highest BCUT2D eigenvalue weighted by Gasteiger charge is 2.20. The first-order chi connectivity index (χ1) is 18.5. The molecule has 4 aromatic rings. The molecule has 194 valence electrons.